The molecule has 0 saturated carbocycles. The number of phenols is 1. The average molecular weight is 425 g/mol. The number of nitrogens with one attached hydrogen (secondary N) is 1. The second-order valence-corrected chi connectivity index (χ2v) is 7.88. The first-order valence-electron chi connectivity index (χ1n) is 10.0. The summed E-state index contributed by atoms with van der Waals surface area (Å²) in [4.78, 5) is 14.5. The van der Waals surface area contributed by atoms with E-state index >= 15 is 0 Å². The van der Waals surface area contributed by atoms with Crippen LogP contribution in [0.3, 0.4) is 0 Å². The summed E-state index contributed by atoms with van der Waals surface area (Å²) < 4.78 is 14.7. The molecule has 3 aromatic rings. The molecule has 0 atom stereocenters. The summed E-state index contributed by atoms with van der Waals surface area (Å²) >= 11 is 1.17. The van der Waals surface area contributed by atoms with Gasteiger partial charge >= 0.3 is 0 Å². The molecule has 0 bridgehead atoms. The number of benzene rings is 2. The van der Waals surface area contributed by atoms with Crippen molar-refractivity contribution in [3.63, 3.8) is 0 Å². The third-order valence-corrected chi connectivity index (χ3v) is 5.76. The van der Waals surface area contributed by atoms with Gasteiger partial charge in [0.2, 0.25) is 5.82 Å². The highest BCUT2D eigenvalue weighted by Crippen LogP contribution is 2.30. The molecule has 1 fully saturated rings. The van der Waals surface area contributed by atoms with E-state index in [0.717, 1.165) is 37.3 Å². The summed E-state index contributed by atoms with van der Waals surface area (Å²) in [5, 5.41) is 12.3. The van der Waals surface area contributed by atoms with Gasteiger partial charge in [0.25, 0.3) is 11.8 Å². The molecule has 2 aromatic carbocycles. The minimum atomic E-state index is -0.113. The largest absolute Gasteiger partial charge is 0.508 e. The number of anilines is 1. The van der Waals surface area contributed by atoms with E-state index in [1.165, 1.54) is 23.9 Å². The first kappa shape index (κ1) is 20.2. The van der Waals surface area contributed by atoms with Gasteiger partial charge in [0.1, 0.15) is 12.4 Å². The summed E-state index contributed by atoms with van der Waals surface area (Å²) in [6.45, 7) is 2.82. The van der Waals surface area contributed by atoms with Crippen LogP contribution in [0.4, 0.5) is 5.82 Å². The van der Waals surface area contributed by atoms with Crippen molar-refractivity contribution in [2.24, 2.45) is 5.92 Å². The first-order chi connectivity index (χ1) is 14.7. The van der Waals surface area contributed by atoms with Crippen LogP contribution in [0, 0.1) is 5.92 Å². The number of phenolic OH excluding ortho intramolecular Hbond substituents is 1. The lowest BCUT2D eigenvalue weighted by Crippen LogP contribution is -2.39. The molecular formula is C22H24N4O3S. The summed E-state index contributed by atoms with van der Waals surface area (Å²) in [5.41, 5.74) is 1.65. The SMILES string of the molecule is O=C(NCC1CCN(c2nsnc2OCc2ccccc2)CC1)c1ccc(O)cc1. The molecule has 156 valence electrons. The molecule has 1 saturated heterocycles. The van der Waals surface area contributed by atoms with Gasteiger partial charge in [0.05, 0.1) is 11.7 Å². The van der Waals surface area contributed by atoms with Crippen molar-refractivity contribution in [3.05, 3.63) is 65.7 Å². The van der Waals surface area contributed by atoms with Crippen LogP contribution in [0.1, 0.15) is 28.8 Å². The smallest absolute Gasteiger partial charge is 0.271 e. The van der Waals surface area contributed by atoms with Gasteiger partial charge in [-0.3, -0.25) is 4.79 Å². The van der Waals surface area contributed by atoms with Gasteiger partial charge in [-0.05, 0) is 48.6 Å². The lowest BCUT2D eigenvalue weighted by Gasteiger charge is -2.32. The first-order valence-corrected chi connectivity index (χ1v) is 10.7. The van der Waals surface area contributed by atoms with Crippen LogP contribution in [0.25, 0.3) is 0 Å². The number of rotatable bonds is 7. The molecule has 1 amide bonds. The van der Waals surface area contributed by atoms with Crippen molar-refractivity contribution in [3.8, 4) is 11.6 Å². The zero-order valence-electron chi connectivity index (χ0n) is 16.5. The molecule has 0 aliphatic carbocycles. The van der Waals surface area contributed by atoms with E-state index in [4.69, 9.17) is 4.74 Å². The number of carbonyl (C=O) groups excluding carboxylic acids is 1. The molecule has 8 heteroatoms. The summed E-state index contributed by atoms with van der Waals surface area (Å²) in [5.74, 6) is 1.85. The number of hydrogen-bond acceptors (Lipinski definition) is 7. The lowest BCUT2D eigenvalue weighted by molar-refractivity contribution is 0.0945. The van der Waals surface area contributed by atoms with Gasteiger partial charge in [0.15, 0.2) is 0 Å². The Hall–Kier alpha value is -3.13. The van der Waals surface area contributed by atoms with Crippen molar-refractivity contribution in [2.45, 2.75) is 19.4 Å². The average Bonchev–Trinajstić information content (AvgIpc) is 3.26. The highest BCUT2D eigenvalue weighted by atomic mass is 32.1. The van der Waals surface area contributed by atoms with Crippen LogP contribution in [-0.2, 0) is 6.61 Å². The van der Waals surface area contributed by atoms with E-state index in [2.05, 4.69) is 19.0 Å². The molecular weight excluding hydrogens is 400 g/mol. The summed E-state index contributed by atoms with van der Waals surface area (Å²) in [6, 6.07) is 16.3. The van der Waals surface area contributed by atoms with E-state index in [9.17, 15) is 9.90 Å². The Morgan fingerprint density at radius 2 is 1.83 bits per heavy atom. The Morgan fingerprint density at radius 3 is 2.57 bits per heavy atom. The predicted octanol–water partition coefficient (Wildman–Crippen LogP) is 3.47. The molecule has 0 unspecified atom stereocenters. The van der Waals surface area contributed by atoms with Crippen molar-refractivity contribution >= 4 is 23.5 Å². The lowest BCUT2D eigenvalue weighted by atomic mass is 9.96. The van der Waals surface area contributed by atoms with Crippen LogP contribution in [0.2, 0.25) is 0 Å². The van der Waals surface area contributed by atoms with Crippen molar-refractivity contribution in [1.29, 1.82) is 0 Å². The number of aromatic hydroxyl groups is 1. The molecule has 4 rings (SSSR count). The second-order valence-electron chi connectivity index (χ2n) is 7.35. The van der Waals surface area contributed by atoms with E-state index in [1.807, 2.05) is 30.3 Å². The van der Waals surface area contributed by atoms with E-state index in [-0.39, 0.29) is 11.7 Å². The Labute approximate surface area is 179 Å². The Bertz CT molecular complexity index is 954. The van der Waals surface area contributed by atoms with Crippen LogP contribution in [0.5, 0.6) is 11.6 Å². The zero-order chi connectivity index (χ0) is 20.8. The predicted molar refractivity (Wildman–Crippen MR) is 116 cm³/mol. The van der Waals surface area contributed by atoms with Gasteiger partial charge in [0, 0.05) is 25.2 Å². The Morgan fingerprint density at radius 1 is 1.10 bits per heavy atom. The number of hydrogen-bond donors (Lipinski definition) is 2. The number of amides is 1. The van der Waals surface area contributed by atoms with Gasteiger partial charge in [-0.25, -0.2) is 0 Å². The molecule has 0 radical (unpaired) electrons. The van der Waals surface area contributed by atoms with Crippen molar-refractivity contribution in [1.82, 2.24) is 14.1 Å². The topological polar surface area (TPSA) is 87.6 Å². The van der Waals surface area contributed by atoms with E-state index < -0.39 is 0 Å². The minimum absolute atomic E-state index is 0.113. The number of aromatic nitrogens is 2. The Kier molecular flexibility index (Phi) is 6.44. The maximum Gasteiger partial charge on any atom is 0.271 e. The number of nitrogens with zero attached hydrogens (tertiary/aromatic N) is 3. The molecule has 0 spiro atoms. The molecule has 30 heavy (non-hydrogen) atoms. The second kappa shape index (κ2) is 9.58. The Balaban J connectivity index is 1.25. The third-order valence-electron chi connectivity index (χ3n) is 5.26. The summed E-state index contributed by atoms with van der Waals surface area (Å²) in [7, 11) is 0. The fourth-order valence-corrected chi connectivity index (χ4v) is 4.01. The van der Waals surface area contributed by atoms with Crippen LogP contribution in [0.15, 0.2) is 54.6 Å². The number of ether oxygens (including phenoxy) is 1. The van der Waals surface area contributed by atoms with Gasteiger partial charge < -0.3 is 20.1 Å². The van der Waals surface area contributed by atoms with Gasteiger partial charge in [-0.15, -0.1) is 4.37 Å². The van der Waals surface area contributed by atoms with Crippen molar-refractivity contribution in [2.75, 3.05) is 24.5 Å². The number of piperidine rings is 1. The van der Waals surface area contributed by atoms with Crippen molar-refractivity contribution < 1.29 is 14.6 Å². The standard InChI is InChI=1S/C22H24N4O3S/c27-19-8-6-18(7-9-19)21(28)23-14-16-10-12-26(13-11-16)20-22(25-30-24-20)29-15-17-4-2-1-3-5-17/h1-9,16,27H,10-15H2,(H,23,28). The molecule has 1 aliphatic heterocycles. The molecule has 1 aliphatic rings. The zero-order valence-corrected chi connectivity index (χ0v) is 17.3. The molecule has 2 heterocycles. The normalized spacial score (nSPS) is 14.5. The maximum absolute atomic E-state index is 12.2. The minimum Gasteiger partial charge on any atom is -0.508 e. The fourth-order valence-electron chi connectivity index (χ4n) is 3.49. The fraction of sp³-hybridized carbons (Fsp3) is 0.318. The molecule has 1 aromatic heterocycles. The highest BCUT2D eigenvalue weighted by Gasteiger charge is 2.24. The van der Waals surface area contributed by atoms with Gasteiger partial charge in [-0.2, -0.15) is 4.37 Å². The quantitative estimate of drug-likeness (QED) is 0.604. The van der Waals surface area contributed by atoms with E-state index in [1.54, 1.807) is 12.1 Å². The molecule has 7 nitrogen and oxygen atoms in total. The van der Waals surface area contributed by atoms with Crippen LogP contribution >= 0.6 is 11.7 Å². The van der Waals surface area contributed by atoms with Gasteiger partial charge in [-0.1, -0.05) is 30.3 Å². The van der Waals surface area contributed by atoms with Crippen LogP contribution < -0.4 is 15.0 Å². The number of carbonyl (C=O) groups is 1. The highest BCUT2D eigenvalue weighted by molar-refractivity contribution is 6.99. The monoisotopic (exact) mass is 424 g/mol. The van der Waals surface area contributed by atoms with Crippen LogP contribution in [-0.4, -0.2) is 39.4 Å². The third kappa shape index (κ3) is 5.07. The maximum atomic E-state index is 12.2. The molecule has 2 N–H and O–H groups in total. The van der Waals surface area contributed by atoms with E-state index in [0.29, 0.717) is 30.5 Å². The summed E-state index contributed by atoms with van der Waals surface area (Å²) in [6.07, 6.45) is 1.93.